The van der Waals surface area contributed by atoms with Crippen LogP contribution in [0.25, 0.3) is 10.9 Å². The zero-order valence-corrected chi connectivity index (χ0v) is 9.91. The maximum absolute atomic E-state index is 6.02. The van der Waals surface area contributed by atoms with Crippen molar-refractivity contribution in [2.75, 3.05) is 18.0 Å². The highest BCUT2D eigenvalue weighted by Crippen LogP contribution is 2.32. The van der Waals surface area contributed by atoms with Crippen molar-refractivity contribution < 1.29 is 0 Å². The topological polar surface area (TPSA) is 42.1 Å². The van der Waals surface area contributed by atoms with Gasteiger partial charge in [-0.3, -0.25) is 0 Å². The number of hydrogen-bond donors (Lipinski definition) is 1. The van der Waals surface area contributed by atoms with E-state index in [2.05, 4.69) is 27.5 Å². The standard InChI is InChI=1S/C12H15N3S/c13-9-4-3-7-15(8-9)12-10-5-1-2-6-11(10)14-16-12/h1-2,5-6,9H,3-4,7-8,13H2. The summed E-state index contributed by atoms with van der Waals surface area (Å²) in [5, 5.41) is 2.55. The molecule has 0 saturated carbocycles. The Bertz CT molecular complexity index is 494. The third kappa shape index (κ3) is 1.68. The Kier molecular flexibility index (Phi) is 2.53. The molecule has 1 aliphatic heterocycles. The monoisotopic (exact) mass is 233 g/mol. The fraction of sp³-hybridized carbons (Fsp3) is 0.417. The summed E-state index contributed by atoms with van der Waals surface area (Å²) in [4.78, 5) is 2.38. The van der Waals surface area contributed by atoms with Crippen molar-refractivity contribution in [1.29, 1.82) is 0 Å². The van der Waals surface area contributed by atoms with Crippen molar-refractivity contribution >= 4 is 27.4 Å². The van der Waals surface area contributed by atoms with Gasteiger partial charge in [-0.1, -0.05) is 12.1 Å². The summed E-state index contributed by atoms with van der Waals surface area (Å²) in [6.07, 6.45) is 2.33. The van der Waals surface area contributed by atoms with Gasteiger partial charge < -0.3 is 10.6 Å². The molecule has 1 aromatic heterocycles. The highest BCUT2D eigenvalue weighted by molar-refractivity contribution is 7.11. The highest BCUT2D eigenvalue weighted by atomic mass is 32.1. The van der Waals surface area contributed by atoms with E-state index in [1.54, 1.807) is 11.5 Å². The van der Waals surface area contributed by atoms with Crippen LogP contribution in [-0.2, 0) is 0 Å². The van der Waals surface area contributed by atoms with Crippen LogP contribution in [0, 0.1) is 0 Å². The summed E-state index contributed by atoms with van der Waals surface area (Å²) >= 11 is 1.59. The van der Waals surface area contributed by atoms with Gasteiger partial charge in [-0.15, -0.1) is 0 Å². The Morgan fingerprint density at radius 3 is 3.12 bits per heavy atom. The van der Waals surface area contributed by atoms with Gasteiger partial charge in [0.15, 0.2) is 0 Å². The fourth-order valence-corrected chi connectivity index (χ4v) is 3.19. The Morgan fingerprint density at radius 1 is 1.38 bits per heavy atom. The quantitative estimate of drug-likeness (QED) is 0.821. The fourth-order valence-electron chi connectivity index (χ4n) is 2.30. The maximum atomic E-state index is 6.02. The number of piperidine rings is 1. The molecule has 16 heavy (non-hydrogen) atoms. The summed E-state index contributed by atoms with van der Waals surface area (Å²) in [5.74, 6) is 0. The minimum absolute atomic E-state index is 0.314. The molecule has 0 bridgehead atoms. The number of fused-ring (bicyclic) bond motifs is 1. The number of rotatable bonds is 1. The predicted molar refractivity (Wildman–Crippen MR) is 69.0 cm³/mol. The van der Waals surface area contributed by atoms with Crippen molar-refractivity contribution in [3.8, 4) is 0 Å². The molecule has 1 unspecified atom stereocenters. The van der Waals surface area contributed by atoms with Crippen molar-refractivity contribution in [3.63, 3.8) is 0 Å². The molecule has 3 nitrogen and oxygen atoms in total. The normalized spacial score (nSPS) is 21.6. The molecular formula is C12H15N3S. The molecule has 84 valence electrons. The minimum atomic E-state index is 0.314. The first kappa shape index (κ1) is 10.1. The van der Waals surface area contributed by atoms with Crippen molar-refractivity contribution in [1.82, 2.24) is 4.37 Å². The average Bonchev–Trinajstić information content (AvgIpc) is 2.72. The summed E-state index contributed by atoms with van der Waals surface area (Å²) in [5.41, 5.74) is 7.12. The molecule has 0 amide bonds. The first-order valence-electron chi connectivity index (χ1n) is 5.69. The Balaban J connectivity index is 1.99. The maximum Gasteiger partial charge on any atom is 0.120 e. The van der Waals surface area contributed by atoms with Gasteiger partial charge in [-0.2, -0.15) is 4.37 Å². The predicted octanol–water partition coefficient (Wildman–Crippen LogP) is 2.22. The molecule has 2 aromatic rings. The van der Waals surface area contributed by atoms with Crippen LogP contribution < -0.4 is 10.6 Å². The summed E-state index contributed by atoms with van der Waals surface area (Å²) in [6.45, 7) is 2.08. The van der Waals surface area contributed by atoms with Crippen LogP contribution in [0.5, 0.6) is 0 Å². The summed E-state index contributed by atoms with van der Waals surface area (Å²) in [6, 6.07) is 8.64. The molecule has 4 heteroatoms. The first-order chi connectivity index (χ1) is 7.84. The molecule has 0 aliphatic carbocycles. The first-order valence-corrected chi connectivity index (χ1v) is 6.47. The lowest BCUT2D eigenvalue weighted by Crippen LogP contribution is -2.42. The molecular weight excluding hydrogens is 218 g/mol. The van der Waals surface area contributed by atoms with E-state index in [1.807, 2.05) is 6.07 Å². The van der Waals surface area contributed by atoms with Gasteiger partial charge in [0.25, 0.3) is 0 Å². The molecule has 1 saturated heterocycles. The van der Waals surface area contributed by atoms with Crippen LogP contribution in [-0.4, -0.2) is 23.5 Å². The van der Waals surface area contributed by atoms with Crippen LogP contribution in [0.3, 0.4) is 0 Å². The Morgan fingerprint density at radius 2 is 2.25 bits per heavy atom. The molecule has 2 N–H and O–H groups in total. The Labute approximate surface area is 99.0 Å². The molecule has 1 aromatic carbocycles. The van der Waals surface area contributed by atoms with E-state index in [1.165, 1.54) is 16.8 Å². The van der Waals surface area contributed by atoms with Gasteiger partial charge in [0.2, 0.25) is 0 Å². The number of hydrogen-bond acceptors (Lipinski definition) is 4. The van der Waals surface area contributed by atoms with Gasteiger partial charge in [0.05, 0.1) is 5.52 Å². The average molecular weight is 233 g/mol. The van der Waals surface area contributed by atoms with Crippen LogP contribution >= 0.6 is 11.5 Å². The second-order valence-electron chi connectivity index (χ2n) is 4.35. The second-order valence-corrected chi connectivity index (χ2v) is 5.11. The number of benzene rings is 1. The van der Waals surface area contributed by atoms with E-state index >= 15 is 0 Å². The van der Waals surface area contributed by atoms with Crippen molar-refractivity contribution in [2.45, 2.75) is 18.9 Å². The highest BCUT2D eigenvalue weighted by Gasteiger charge is 2.20. The van der Waals surface area contributed by atoms with Gasteiger partial charge >= 0.3 is 0 Å². The van der Waals surface area contributed by atoms with E-state index in [9.17, 15) is 0 Å². The SMILES string of the molecule is NC1CCCN(c2snc3ccccc23)C1. The molecule has 2 heterocycles. The summed E-state index contributed by atoms with van der Waals surface area (Å²) < 4.78 is 4.48. The third-order valence-electron chi connectivity index (χ3n) is 3.11. The van der Waals surface area contributed by atoms with Gasteiger partial charge in [0, 0.05) is 24.5 Å². The lowest BCUT2D eigenvalue weighted by atomic mass is 10.1. The lowest BCUT2D eigenvalue weighted by molar-refractivity contribution is 0.509. The third-order valence-corrected chi connectivity index (χ3v) is 4.05. The molecule has 1 fully saturated rings. The van der Waals surface area contributed by atoms with Crippen LogP contribution in [0.4, 0.5) is 5.00 Å². The number of nitrogens with two attached hydrogens (primary N) is 1. The van der Waals surface area contributed by atoms with Gasteiger partial charge in [0.1, 0.15) is 5.00 Å². The van der Waals surface area contributed by atoms with Crippen LogP contribution in [0.2, 0.25) is 0 Å². The minimum Gasteiger partial charge on any atom is -0.360 e. The van der Waals surface area contributed by atoms with E-state index in [-0.39, 0.29) is 0 Å². The molecule has 1 atom stereocenters. The zero-order chi connectivity index (χ0) is 11.0. The van der Waals surface area contributed by atoms with Gasteiger partial charge in [-0.05, 0) is 36.5 Å². The van der Waals surface area contributed by atoms with Crippen LogP contribution in [0.1, 0.15) is 12.8 Å². The summed E-state index contributed by atoms with van der Waals surface area (Å²) in [7, 11) is 0. The van der Waals surface area contributed by atoms with E-state index < -0.39 is 0 Å². The number of nitrogens with zero attached hydrogens (tertiary/aromatic N) is 2. The number of anilines is 1. The molecule has 3 rings (SSSR count). The van der Waals surface area contributed by atoms with Crippen molar-refractivity contribution in [2.24, 2.45) is 5.73 Å². The smallest absolute Gasteiger partial charge is 0.120 e. The van der Waals surface area contributed by atoms with Crippen LogP contribution in [0.15, 0.2) is 24.3 Å². The lowest BCUT2D eigenvalue weighted by Gasteiger charge is -2.31. The molecule has 0 radical (unpaired) electrons. The largest absolute Gasteiger partial charge is 0.360 e. The van der Waals surface area contributed by atoms with Crippen molar-refractivity contribution in [3.05, 3.63) is 24.3 Å². The Hall–Kier alpha value is -1.13. The van der Waals surface area contributed by atoms with Gasteiger partial charge in [-0.25, -0.2) is 0 Å². The molecule has 0 spiro atoms. The number of aromatic nitrogens is 1. The van der Waals surface area contributed by atoms with E-state index in [0.717, 1.165) is 25.0 Å². The molecule has 1 aliphatic rings. The van der Waals surface area contributed by atoms with E-state index in [0.29, 0.717) is 6.04 Å². The zero-order valence-electron chi connectivity index (χ0n) is 9.10. The second kappa shape index (κ2) is 4.03. The van der Waals surface area contributed by atoms with E-state index in [4.69, 9.17) is 5.73 Å².